The van der Waals surface area contributed by atoms with Gasteiger partial charge in [-0.1, -0.05) is 117 Å². The molecule has 238 valence electrons. The molecule has 0 aliphatic carbocycles. The highest BCUT2D eigenvalue weighted by molar-refractivity contribution is 6.12. The maximum atomic E-state index is 4.97. The average molecular weight is 611 g/mol. The van der Waals surface area contributed by atoms with Gasteiger partial charge >= 0.3 is 0 Å². The molecule has 4 heteroatoms. The van der Waals surface area contributed by atoms with Crippen LogP contribution in [0, 0.1) is 0 Å². The van der Waals surface area contributed by atoms with Crippen LogP contribution in [-0.2, 0) is 23.7 Å². The van der Waals surface area contributed by atoms with Gasteiger partial charge in [-0.05, 0) is 83.0 Å². The molecule has 0 atom stereocenters. The minimum Gasteiger partial charge on any atom is -0.256 e. The second kappa shape index (κ2) is 14.1. The zero-order valence-corrected chi connectivity index (χ0v) is 29.1. The van der Waals surface area contributed by atoms with Crippen LogP contribution in [0.25, 0.3) is 21.8 Å². The fraction of sp³-hybridized carbons (Fsp3) is 0.381. The van der Waals surface area contributed by atoms with Crippen LogP contribution in [0.2, 0.25) is 0 Å². The number of unbranched alkanes of at least 4 members (excludes halogenated alkanes) is 2. The molecule has 0 spiro atoms. The van der Waals surface area contributed by atoms with Gasteiger partial charge in [0.15, 0.2) is 0 Å². The first-order chi connectivity index (χ1) is 22.0. The quantitative estimate of drug-likeness (QED) is 0.117. The summed E-state index contributed by atoms with van der Waals surface area (Å²) in [6.45, 7) is 18.0. The Morgan fingerprint density at radius 1 is 0.565 bits per heavy atom. The lowest BCUT2D eigenvalue weighted by molar-refractivity contribution is 0.589. The summed E-state index contributed by atoms with van der Waals surface area (Å²) in [4.78, 5) is 9.93. The van der Waals surface area contributed by atoms with Gasteiger partial charge in [0.05, 0.1) is 11.4 Å². The molecular weight excluding hydrogens is 560 g/mol. The molecule has 0 bridgehead atoms. The molecule has 0 unspecified atom stereocenters. The number of benzene rings is 4. The summed E-state index contributed by atoms with van der Waals surface area (Å²) in [7, 11) is 0. The molecule has 4 aromatic carbocycles. The van der Waals surface area contributed by atoms with Gasteiger partial charge in [0.25, 0.3) is 0 Å². The molecule has 5 rings (SSSR count). The van der Waals surface area contributed by atoms with Crippen LogP contribution in [-0.4, -0.2) is 22.6 Å². The highest BCUT2D eigenvalue weighted by Crippen LogP contribution is 2.31. The first-order valence-electron chi connectivity index (χ1n) is 17.0. The predicted octanol–water partition coefficient (Wildman–Crippen LogP) is 11.6. The lowest BCUT2D eigenvalue weighted by Gasteiger charge is -2.20. The van der Waals surface area contributed by atoms with Crippen molar-refractivity contribution in [2.75, 3.05) is 0 Å². The number of hydrogen-bond donors (Lipinski definition) is 0. The Kier molecular flexibility index (Phi) is 10.2. The summed E-state index contributed by atoms with van der Waals surface area (Å²) in [5.74, 6) is 0. The van der Waals surface area contributed by atoms with E-state index in [-0.39, 0.29) is 10.8 Å². The van der Waals surface area contributed by atoms with Gasteiger partial charge < -0.3 is 0 Å². The second-order valence-corrected chi connectivity index (χ2v) is 14.7. The predicted molar refractivity (Wildman–Crippen MR) is 199 cm³/mol. The molecule has 46 heavy (non-hydrogen) atoms. The molecule has 4 nitrogen and oxygen atoms in total. The number of aryl methyl sites for hydroxylation is 2. The van der Waals surface area contributed by atoms with Crippen molar-refractivity contribution in [3.05, 3.63) is 106 Å². The highest BCUT2D eigenvalue weighted by Gasteiger charge is 2.17. The maximum Gasteiger partial charge on any atom is 0.102 e. The molecule has 0 saturated heterocycles. The molecule has 0 aliphatic heterocycles. The number of nitrogens with zero attached hydrogens (tertiary/aromatic N) is 4. The number of hydrogen-bond acceptors (Lipinski definition) is 4. The molecule has 0 fully saturated rings. The lowest BCUT2D eigenvalue weighted by Crippen LogP contribution is -2.11. The van der Waals surface area contributed by atoms with E-state index in [2.05, 4.69) is 128 Å². The number of aromatic nitrogens is 2. The third-order valence-electron chi connectivity index (χ3n) is 8.71. The van der Waals surface area contributed by atoms with Crippen LogP contribution in [0.3, 0.4) is 0 Å². The molecule has 5 aromatic rings. The van der Waals surface area contributed by atoms with Crippen molar-refractivity contribution in [2.45, 2.75) is 105 Å². The normalized spacial score (nSPS) is 12.7. The van der Waals surface area contributed by atoms with Crippen LogP contribution in [0.1, 0.15) is 114 Å². The summed E-state index contributed by atoms with van der Waals surface area (Å²) in [6.07, 6.45) is 10.7. The number of aliphatic imine (C=N–C) groups is 2. The Morgan fingerprint density at radius 3 is 1.35 bits per heavy atom. The van der Waals surface area contributed by atoms with Crippen LogP contribution in [0.5, 0.6) is 0 Å². The first kappa shape index (κ1) is 33.2. The van der Waals surface area contributed by atoms with E-state index in [1.807, 2.05) is 12.4 Å². The van der Waals surface area contributed by atoms with Gasteiger partial charge in [0.2, 0.25) is 0 Å². The van der Waals surface area contributed by atoms with Gasteiger partial charge in [0, 0.05) is 34.3 Å². The van der Waals surface area contributed by atoms with Gasteiger partial charge in [-0.15, -0.1) is 10.2 Å². The Balaban J connectivity index is 1.50. The minimum atomic E-state index is 0.0596. The van der Waals surface area contributed by atoms with Gasteiger partial charge in [-0.25, -0.2) is 0 Å². The molecular formula is C42H50N4. The third kappa shape index (κ3) is 7.96. The third-order valence-corrected chi connectivity index (χ3v) is 8.71. The smallest absolute Gasteiger partial charge is 0.102 e. The molecule has 0 saturated carbocycles. The molecule has 0 N–H and O–H groups in total. The summed E-state index contributed by atoms with van der Waals surface area (Å²) in [5, 5.41) is 11.6. The average Bonchev–Trinajstić information content (AvgIpc) is 3.03. The van der Waals surface area contributed by atoms with Crippen molar-refractivity contribution in [3.63, 3.8) is 0 Å². The minimum absolute atomic E-state index is 0.0596. The molecule has 1 aromatic heterocycles. The van der Waals surface area contributed by atoms with E-state index >= 15 is 0 Å². The highest BCUT2D eigenvalue weighted by atomic mass is 15.1. The van der Waals surface area contributed by atoms with Crippen molar-refractivity contribution < 1.29 is 0 Å². The Morgan fingerprint density at radius 2 is 0.978 bits per heavy atom. The van der Waals surface area contributed by atoms with E-state index in [0.29, 0.717) is 0 Å². The molecule has 0 amide bonds. The summed E-state index contributed by atoms with van der Waals surface area (Å²) in [5.41, 5.74) is 11.0. The Labute approximate surface area is 276 Å². The van der Waals surface area contributed by atoms with Crippen LogP contribution >= 0.6 is 0 Å². The van der Waals surface area contributed by atoms with Gasteiger partial charge in [0.1, 0.15) is 11.0 Å². The van der Waals surface area contributed by atoms with E-state index in [9.17, 15) is 0 Å². The first-order valence-corrected chi connectivity index (χ1v) is 17.0. The van der Waals surface area contributed by atoms with E-state index in [4.69, 9.17) is 20.2 Å². The van der Waals surface area contributed by atoms with Crippen molar-refractivity contribution in [1.29, 1.82) is 0 Å². The molecule has 0 aliphatic rings. The SMILES string of the molecule is CCCCc1cc(/N=C/c2cccc3c2nnc2c(/C=N/c4cc(CCCC)cc(C(C)(C)C)c4)cccc23)cc(C(C)(C)C)c1. The largest absolute Gasteiger partial charge is 0.256 e. The van der Waals surface area contributed by atoms with Crippen LogP contribution in [0.15, 0.2) is 82.8 Å². The standard InChI is InChI=1S/C42H50N4/c1-9-11-15-29-21-33(41(3,4)5)25-35(23-29)43-27-31-17-13-19-37-38-20-14-18-32(40(38)46-45-39(31)37)28-44-36-24-30(16-12-10-2)22-34(26-36)42(6,7)8/h13-14,17-28H,9-12,15-16H2,1-8H3/b43-27+,44-28+. The van der Waals surface area contributed by atoms with Gasteiger partial charge in [-0.3, -0.25) is 9.98 Å². The van der Waals surface area contributed by atoms with Gasteiger partial charge in [-0.2, -0.15) is 0 Å². The molecule has 1 heterocycles. The van der Waals surface area contributed by atoms with E-state index in [0.717, 1.165) is 57.1 Å². The number of fused-ring (bicyclic) bond motifs is 3. The molecule has 0 radical (unpaired) electrons. The van der Waals surface area contributed by atoms with Crippen molar-refractivity contribution in [2.24, 2.45) is 9.98 Å². The fourth-order valence-corrected chi connectivity index (χ4v) is 5.79. The maximum absolute atomic E-state index is 4.97. The number of rotatable bonds is 10. The fourth-order valence-electron chi connectivity index (χ4n) is 5.79. The van der Waals surface area contributed by atoms with Crippen molar-refractivity contribution in [1.82, 2.24) is 10.2 Å². The zero-order valence-electron chi connectivity index (χ0n) is 29.1. The van der Waals surface area contributed by atoms with Crippen LogP contribution in [0.4, 0.5) is 11.4 Å². The zero-order chi connectivity index (χ0) is 32.9. The summed E-state index contributed by atoms with van der Waals surface area (Å²) < 4.78 is 0. The lowest BCUT2D eigenvalue weighted by atomic mass is 9.85. The van der Waals surface area contributed by atoms with Crippen molar-refractivity contribution in [3.8, 4) is 0 Å². The van der Waals surface area contributed by atoms with E-state index in [1.165, 1.54) is 47.9 Å². The summed E-state index contributed by atoms with van der Waals surface area (Å²) in [6, 6.07) is 26.1. The topological polar surface area (TPSA) is 50.5 Å². The van der Waals surface area contributed by atoms with E-state index in [1.54, 1.807) is 0 Å². The monoisotopic (exact) mass is 610 g/mol. The second-order valence-electron chi connectivity index (χ2n) is 14.7. The summed E-state index contributed by atoms with van der Waals surface area (Å²) >= 11 is 0. The van der Waals surface area contributed by atoms with Crippen molar-refractivity contribution >= 4 is 45.6 Å². The van der Waals surface area contributed by atoms with E-state index < -0.39 is 0 Å². The Hall–Kier alpha value is -4.18. The Bertz CT molecular complexity index is 1740. The van der Waals surface area contributed by atoms with Crippen LogP contribution < -0.4 is 0 Å².